The van der Waals surface area contributed by atoms with Gasteiger partial charge in [0.15, 0.2) is 5.13 Å². The van der Waals surface area contributed by atoms with E-state index in [9.17, 15) is 18.8 Å². The minimum atomic E-state index is -0.787. The molecule has 3 heterocycles. The highest BCUT2D eigenvalue weighted by molar-refractivity contribution is 7.91. The molecule has 0 radical (unpaired) electrons. The topological polar surface area (TPSA) is 89.0 Å². The Kier molecular flexibility index (Phi) is 8.23. The van der Waals surface area contributed by atoms with E-state index in [2.05, 4.69) is 30.0 Å². The van der Waals surface area contributed by atoms with Crippen LogP contribution >= 0.6 is 11.3 Å². The van der Waals surface area contributed by atoms with Crippen LogP contribution in [0.3, 0.4) is 0 Å². The smallest absolute Gasteiger partial charge is 0.308 e. The number of nitrogens with zero attached hydrogens (tertiary/aromatic N) is 3. The van der Waals surface area contributed by atoms with Crippen molar-refractivity contribution in [1.82, 2.24) is 9.88 Å². The maximum absolute atomic E-state index is 14.2. The lowest BCUT2D eigenvalue weighted by Gasteiger charge is -2.28. The van der Waals surface area contributed by atoms with Crippen molar-refractivity contribution >= 4 is 33.6 Å². The minimum Gasteiger partial charge on any atom is -0.616 e. The number of carbonyl (C=O) groups is 1. The van der Waals surface area contributed by atoms with Crippen LogP contribution in [-0.2, 0) is 29.1 Å². The molecule has 1 aromatic heterocycles. The lowest BCUT2D eigenvalue weighted by molar-refractivity contribution is -0.142. The third-order valence-corrected chi connectivity index (χ3v) is 9.55. The lowest BCUT2D eigenvalue weighted by Crippen LogP contribution is -2.39. The molecule has 1 N–H and O–H groups in total. The molecule has 0 aliphatic carbocycles. The van der Waals surface area contributed by atoms with Crippen molar-refractivity contribution < 1.29 is 23.6 Å². The van der Waals surface area contributed by atoms with Gasteiger partial charge in [-0.3, -0.25) is 9.69 Å². The number of rotatable bonds is 8. The molecule has 2 saturated heterocycles. The number of halogens is 1. The fraction of sp³-hybridized carbons (Fsp3) is 0.429. The van der Waals surface area contributed by atoms with Crippen molar-refractivity contribution in [3.63, 3.8) is 0 Å². The summed E-state index contributed by atoms with van der Waals surface area (Å²) in [7, 11) is 0. The van der Waals surface area contributed by atoms with E-state index in [1.165, 1.54) is 29.0 Å². The van der Waals surface area contributed by atoms with E-state index in [-0.39, 0.29) is 11.7 Å². The molecule has 0 bridgehead atoms. The zero-order chi connectivity index (χ0) is 26.8. The fourth-order valence-corrected chi connectivity index (χ4v) is 7.05. The molecule has 2 fully saturated rings. The molecule has 2 aliphatic heterocycles. The van der Waals surface area contributed by atoms with Crippen molar-refractivity contribution in [2.45, 2.75) is 27.0 Å². The van der Waals surface area contributed by atoms with Crippen molar-refractivity contribution in [2.75, 3.05) is 42.6 Å². The van der Waals surface area contributed by atoms with Crippen LogP contribution in [0.15, 0.2) is 41.8 Å². The van der Waals surface area contributed by atoms with Crippen LogP contribution in [-0.4, -0.2) is 63.2 Å². The Morgan fingerprint density at radius 3 is 2.74 bits per heavy atom. The Bertz CT molecular complexity index is 1290. The first-order chi connectivity index (χ1) is 18.3. The molecule has 2 unspecified atom stereocenters. The molecule has 0 amide bonds. The van der Waals surface area contributed by atoms with E-state index in [0.29, 0.717) is 36.7 Å². The van der Waals surface area contributed by atoms with Gasteiger partial charge in [-0.15, -0.1) is 11.3 Å². The predicted octanol–water partition coefficient (Wildman–Crippen LogP) is 4.56. The van der Waals surface area contributed by atoms with Gasteiger partial charge in [0.05, 0.1) is 11.6 Å². The van der Waals surface area contributed by atoms with Crippen LogP contribution < -0.4 is 9.64 Å². The number of aliphatic carboxylic acids is 1. The number of carboxylic acid groups (broad SMARTS) is 1. The number of anilines is 1. The van der Waals surface area contributed by atoms with Crippen LogP contribution in [0.4, 0.5) is 9.52 Å². The average Bonchev–Trinajstić information content (AvgIpc) is 3.53. The summed E-state index contributed by atoms with van der Waals surface area (Å²) in [5, 5.41) is 12.1. The molecule has 5 rings (SSSR count). The summed E-state index contributed by atoms with van der Waals surface area (Å²) >= 11 is 0.749. The molecule has 2 aliphatic rings. The Morgan fingerprint density at radius 2 is 2.03 bits per heavy atom. The quantitative estimate of drug-likeness (QED) is 0.406. The second kappa shape index (κ2) is 11.6. The maximum Gasteiger partial charge on any atom is 0.308 e. The Morgan fingerprint density at radius 1 is 1.24 bits per heavy atom. The van der Waals surface area contributed by atoms with Gasteiger partial charge in [0.1, 0.15) is 29.7 Å². The van der Waals surface area contributed by atoms with Crippen LogP contribution in [0, 0.1) is 24.6 Å². The Hall–Kier alpha value is -2.66. The van der Waals surface area contributed by atoms with E-state index in [1.54, 1.807) is 6.07 Å². The molecule has 3 aromatic rings. The first kappa shape index (κ1) is 26.9. The second-order valence-electron chi connectivity index (χ2n) is 10.2. The summed E-state index contributed by atoms with van der Waals surface area (Å²) in [5.74, 6) is 0.487. The number of carboxylic acids is 1. The average molecular weight is 558 g/mol. The number of hydrogen-bond donors (Lipinski definition) is 1. The minimum absolute atomic E-state index is 0.0351. The molecule has 0 spiro atoms. The predicted molar refractivity (Wildman–Crippen MR) is 149 cm³/mol. The number of hydrogen-bond acceptors (Lipinski definition) is 7. The number of thiazole rings is 1. The Balaban J connectivity index is 1.27. The van der Waals surface area contributed by atoms with E-state index in [0.717, 1.165) is 47.4 Å². The highest BCUT2D eigenvalue weighted by Gasteiger charge is 2.36. The lowest BCUT2D eigenvalue weighted by atomic mass is 9.99. The van der Waals surface area contributed by atoms with Gasteiger partial charge in [0, 0.05) is 43.7 Å². The van der Waals surface area contributed by atoms with Gasteiger partial charge >= 0.3 is 5.97 Å². The van der Waals surface area contributed by atoms with Gasteiger partial charge in [-0.1, -0.05) is 36.3 Å². The van der Waals surface area contributed by atoms with Crippen molar-refractivity contribution in [3.05, 3.63) is 64.3 Å². The molecule has 7 nitrogen and oxygen atoms in total. The van der Waals surface area contributed by atoms with Gasteiger partial charge in [-0.2, -0.15) is 0 Å². The molecule has 10 heteroatoms. The largest absolute Gasteiger partial charge is 0.616 e. The van der Waals surface area contributed by atoms with Gasteiger partial charge in [0.25, 0.3) is 0 Å². The van der Waals surface area contributed by atoms with Crippen LogP contribution in [0.2, 0.25) is 0 Å². The van der Waals surface area contributed by atoms with Crippen molar-refractivity contribution in [2.24, 2.45) is 11.8 Å². The third-order valence-electron chi connectivity index (χ3n) is 7.38. The Labute approximate surface area is 229 Å². The van der Waals surface area contributed by atoms with Gasteiger partial charge in [-0.05, 0) is 47.7 Å². The van der Waals surface area contributed by atoms with E-state index >= 15 is 0 Å². The summed E-state index contributed by atoms with van der Waals surface area (Å²) < 4.78 is 32.0. The molecular formula is C28H32FN3O4S2. The zero-order valence-electron chi connectivity index (χ0n) is 21.6. The van der Waals surface area contributed by atoms with Crippen molar-refractivity contribution in [1.29, 1.82) is 0 Å². The number of aryl methyl sites for hydroxylation is 1. The normalized spacial score (nSPS) is 20.7. The summed E-state index contributed by atoms with van der Waals surface area (Å²) in [6.07, 6.45) is 0. The summed E-state index contributed by atoms with van der Waals surface area (Å²) in [5.41, 5.74) is 4.58. The van der Waals surface area contributed by atoms with Crippen LogP contribution in [0.25, 0.3) is 11.3 Å². The molecule has 38 heavy (non-hydrogen) atoms. The summed E-state index contributed by atoms with van der Waals surface area (Å²) in [6, 6.07) is 10.8. The molecule has 202 valence electrons. The third kappa shape index (κ3) is 6.14. The molecule has 0 saturated carbocycles. The SMILES string of the molecule is Cc1cc(CN2CC[S+]([O-])CC2)ccc1COc1ccc(F)cc1-c1csc(N2CC(C)C(C(=O)O)C2)n1. The van der Waals surface area contributed by atoms with Gasteiger partial charge in [-0.25, -0.2) is 9.37 Å². The number of aromatic nitrogens is 1. The standard InChI is InChI=1S/C28H32FN3O4S2/c1-18-11-20(14-31-7-9-38(35)10-8-31)3-4-21(18)16-36-26-6-5-22(29)12-23(26)25-17-37-28(30-25)32-13-19(2)24(15-32)27(33)34/h3-6,11-12,17,19,24H,7-10,13-16H2,1-2H3,(H,33,34). The fourth-order valence-electron chi connectivity index (χ4n) is 5.07. The first-order valence-electron chi connectivity index (χ1n) is 12.8. The van der Waals surface area contributed by atoms with E-state index < -0.39 is 23.1 Å². The monoisotopic (exact) mass is 557 g/mol. The molecule has 2 atom stereocenters. The van der Waals surface area contributed by atoms with Gasteiger partial charge in [0.2, 0.25) is 0 Å². The number of benzene rings is 2. The second-order valence-corrected chi connectivity index (χ2v) is 12.7. The molecular weight excluding hydrogens is 525 g/mol. The summed E-state index contributed by atoms with van der Waals surface area (Å²) in [4.78, 5) is 20.6. The van der Waals surface area contributed by atoms with Gasteiger partial charge < -0.3 is 19.3 Å². The number of ether oxygens (including phenoxy) is 1. The first-order valence-corrected chi connectivity index (χ1v) is 15.2. The zero-order valence-corrected chi connectivity index (χ0v) is 23.2. The van der Waals surface area contributed by atoms with E-state index in [1.807, 2.05) is 17.2 Å². The maximum atomic E-state index is 14.2. The van der Waals surface area contributed by atoms with E-state index in [4.69, 9.17) is 9.72 Å². The van der Waals surface area contributed by atoms with Crippen molar-refractivity contribution in [3.8, 4) is 17.0 Å². The summed E-state index contributed by atoms with van der Waals surface area (Å²) in [6.45, 7) is 7.96. The van der Waals surface area contributed by atoms with Crippen LogP contribution in [0.5, 0.6) is 5.75 Å². The van der Waals surface area contributed by atoms with Crippen LogP contribution in [0.1, 0.15) is 23.6 Å². The highest BCUT2D eigenvalue weighted by Crippen LogP contribution is 2.37. The highest BCUT2D eigenvalue weighted by atomic mass is 32.2. The molecule has 2 aromatic carbocycles.